The topological polar surface area (TPSA) is 171 Å². The molecule has 2 aliphatic rings. The van der Waals surface area contributed by atoms with Crippen molar-refractivity contribution >= 4 is 28.8 Å². The number of hydrogen-bond donors (Lipinski definition) is 4. The summed E-state index contributed by atoms with van der Waals surface area (Å²) in [5.41, 5.74) is 17.1. The summed E-state index contributed by atoms with van der Waals surface area (Å²) in [5, 5.41) is 11.4. The van der Waals surface area contributed by atoms with Crippen LogP contribution in [-0.2, 0) is 9.53 Å². The first-order chi connectivity index (χ1) is 15.0. The van der Waals surface area contributed by atoms with Gasteiger partial charge >= 0.3 is 0 Å². The van der Waals surface area contributed by atoms with Gasteiger partial charge in [-0.05, 0) is 32.1 Å². The van der Waals surface area contributed by atoms with Gasteiger partial charge in [-0.3, -0.25) is 4.79 Å². The molecule has 2 fully saturated rings. The normalized spacial score (nSPS) is 26.7. The average molecular weight is 447 g/mol. The molecule has 4 heterocycles. The summed E-state index contributed by atoms with van der Waals surface area (Å²) in [7, 11) is 0. The highest BCUT2D eigenvalue weighted by Gasteiger charge is 2.50. The summed E-state index contributed by atoms with van der Waals surface area (Å²) in [4.78, 5) is 27.0. The molecule has 1 amide bonds. The van der Waals surface area contributed by atoms with Gasteiger partial charge in [-0.25, -0.2) is 4.98 Å². The Kier molecular flexibility index (Phi) is 5.76. The first kappa shape index (κ1) is 22.7. The van der Waals surface area contributed by atoms with Crippen LogP contribution in [0.5, 0.6) is 0 Å². The summed E-state index contributed by atoms with van der Waals surface area (Å²) in [6.07, 6.45) is 4.00. The number of nitrogens with two attached hydrogens (primary N) is 3. The number of hydrogen-bond acceptors (Lipinski definition) is 9. The van der Waals surface area contributed by atoms with E-state index in [4.69, 9.17) is 21.9 Å². The fourth-order valence-electron chi connectivity index (χ4n) is 5.12. The Labute approximate surface area is 187 Å². The smallest absolute Gasteiger partial charge is 0.239 e. The molecule has 0 aromatic carbocycles. The van der Waals surface area contributed by atoms with Crippen molar-refractivity contribution in [2.24, 2.45) is 11.7 Å². The van der Waals surface area contributed by atoms with Crippen molar-refractivity contribution < 1.29 is 14.6 Å². The molecule has 176 valence electrons. The van der Waals surface area contributed by atoms with E-state index in [0.717, 1.165) is 0 Å². The zero-order valence-corrected chi connectivity index (χ0v) is 19.0. The fourth-order valence-corrected chi connectivity index (χ4v) is 5.12. The van der Waals surface area contributed by atoms with Gasteiger partial charge in [0.2, 0.25) is 11.9 Å². The highest BCUT2D eigenvalue weighted by Crippen LogP contribution is 2.44. The van der Waals surface area contributed by atoms with Crippen LogP contribution in [0.15, 0.2) is 6.33 Å². The number of aromatic nitrogens is 4. The Bertz CT molecular complexity index is 996. The van der Waals surface area contributed by atoms with E-state index in [1.165, 1.54) is 0 Å². The number of nitrogens with zero attached hydrogens (tertiary/aromatic N) is 5. The van der Waals surface area contributed by atoms with Crippen molar-refractivity contribution in [1.29, 1.82) is 0 Å². The summed E-state index contributed by atoms with van der Waals surface area (Å²) in [5.74, 6) is 0.617. The SMILES string of the molecule is CC(C)C[C@@H](N)C(=O)N1CCC2(CC1)C[C@@](C)(O)[C@H](n1cnc3c(N)nc(N)nc31)CO2. The molecule has 0 saturated carbocycles. The molecule has 0 unspecified atom stereocenters. The Morgan fingerprint density at radius 3 is 2.62 bits per heavy atom. The van der Waals surface area contributed by atoms with Gasteiger partial charge in [-0.2, -0.15) is 9.97 Å². The maximum Gasteiger partial charge on any atom is 0.239 e. The minimum atomic E-state index is -1.08. The Balaban J connectivity index is 1.47. The summed E-state index contributed by atoms with van der Waals surface area (Å²) < 4.78 is 8.12. The van der Waals surface area contributed by atoms with Crippen molar-refractivity contribution in [3.05, 3.63) is 6.33 Å². The van der Waals surface area contributed by atoms with Crippen molar-refractivity contribution in [3.63, 3.8) is 0 Å². The lowest BCUT2D eigenvalue weighted by Gasteiger charge is -2.51. The predicted molar refractivity (Wildman–Crippen MR) is 120 cm³/mol. The minimum absolute atomic E-state index is 0.00579. The molecular formula is C21H34N8O3. The third-order valence-corrected chi connectivity index (χ3v) is 6.78. The maximum atomic E-state index is 12.7. The lowest BCUT2D eigenvalue weighted by atomic mass is 9.75. The highest BCUT2D eigenvalue weighted by molar-refractivity contribution is 5.83. The van der Waals surface area contributed by atoms with Crippen molar-refractivity contribution in [2.45, 2.75) is 69.7 Å². The van der Waals surface area contributed by atoms with Crippen molar-refractivity contribution in [3.8, 4) is 0 Å². The summed E-state index contributed by atoms with van der Waals surface area (Å²) in [6, 6.07) is -0.883. The number of fused-ring (bicyclic) bond motifs is 1. The van der Waals surface area contributed by atoms with Crippen molar-refractivity contribution in [1.82, 2.24) is 24.4 Å². The van der Waals surface area contributed by atoms with Crippen LogP contribution in [-0.4, -0.2) is 72.4 Å². The van der Waals surface area contributed by atoms with E-state index in [2.05, 4.69) is 28.8 Å². The van der Waals surface area contributed by atoms with E-state index >= 15 is 0 Å². The first-order valence-corrected chi connectivity index (χ1v) is 11.2. The number of likely N-dealkylation sites (tertiary alicyclic amines) is 1. The summed E-state index contributed by atoms with van der Waals surface area (Å²) in [6.45, 7) is 7.34. The standard InChI is InChI=1S/C21H34N8O3/c1-12(2)8-13(22)18(30)28-6-4-21(5-7-28)10-20(3,31)14(9-32-21)29-11-25-15-16(23)26-19(24)27-17(15)29/h11-14,31H,4-10,22H2,1-3H3,(H4,23,24,26,27)/t13-,14-,20-/m1/s1. The third-order valence-electron chi connectivity index (χ3n) is 6.78. The molecule has 11 heteroatoms. The molecule has 32 heavy (non-hydrogen) atoms. The van der Waals surface area contributed by atoms with Crippen LogP contribution in [0.1, 0.15) is 52.5 Å². The number of nitrogen functional groups attached to an aromatic ring is 2. The molecule has 0 bridgehead atoms. The van der Waals surface area contributed by atoms with Gasteiger partial charge in [0, 0.05) is 19.5 Å². The number of carbonyl (C=O) groups is 1. The van der Waals surface area contributed by atoms with E-state index in [9.17, 15) is 9.90 Å². The summed E-state index contributed by atoms with van der Waals surface area (Å²) >= 11 is 0. The molecule has 2 aliphatic heterocycles. The lowest BCUT2D eigenvalue weighted by molar-refractivity contribution is -0.197. The van der Waals surface area contributed by atoms with Gasteiger partial charge in [0.05, 0.1) is 36.2 Å². The number of piperidine rings is 1. The average Bonchev–Trinajstić information content (AvgIpc) is 3.10. The second kappa shape index (κ2) is 8.13. The number of carbonyl (C=O) groups excluding carboxylic acids is 1. The lowest BCUT2D eigenvalue weighted by Crippen LogP contribution is -2.59. The number of anilines is 2. The van der Waals surface area contributed by atoms with Gasteiger partial charge < -0.3 is 36.5 Å². The third kappa shape index (κ3) is 4.12. The fraction of sp³-hybridized carbons (Fsp3) is 0.714. The second-order valence-electron chi connectivity index (χ2n) is 9.90. The molecule has 3 atom stereocenters. The molecular weight excluding hydrogens is 412 g/mol. The Hall–Kier alpha value is -2.50. The number of amides is 1. The molecule has 4 rings (SSSR count). The van der Waals surface area contributed by atoms with Crippen LogP contribution in [0.4, 0.5) is 11.8 Å². The van der Waals surface area contributed by atoms with Crippen LogP contribution in [0.25, 0.3) is 11.2 Å². The molecule has 0 radical (unpaired) electrons. The van der Waals surface area contributed by atoms with Crippen LogP contribution in [0.2, 0.25) is 0 Å². The molecule has 2 aromatic heterocycles. The first-order valence-electron chi connectivity index (χ1n) is 11.2. The number of aliphatic hydroxyl groups is 1. The van der Waals surface area contributed by atoms with Crippen LogP contribution < -0.4 is 17.2 Å². The van der Waals surface area contributed by atoms with E-state index < -0.39 is 23.3 Å². The van der Waals surface area contributed by atoms with Crippen LogP contribution >= 0.6 is 0 Å². The maximum absolute atomic E-state index is 12.7. The van der Waals surface area contributed by atoms with E-state index in [1.807, 2.05) is 4.90 Å². The molecule has 7 N–H and O–H groups in total. The Morgan fingerprint density at radius 2 is 2.00 bits per heavy atom. The molecule has 0 aliphatic carbocycles. The highest BCUT2D eigenvalue weighted by atomic mass is 16.5. The van der Waals surface area contributed by atoms with E-state index in [1.54, 1.807) is 17.8 Å². The molecule has 2 aromatic rings. The van der Waals surface area contributed by atoms with Crippen LogP contribution in [0.3, 0.4) is 0 Å². The molecule has 11 nitrogen and oxygen atoms in total. The second-order valence-corrected chi connectivity index (χ2v) is 9.90. The van der Waals surface area contributed by atoms with E-state index in [0.29, 0.717) is 55.9 Å². The van der Waals surface area contributed by atoms with E-state index in [-0.39, 0.29) is 24.3 Å². The van der Waals surface area contributed by atoms with Gasteiger partial charge in [0.15, 0.2) is 11.5 Å². The largest absolute Gasteiger partial charge is 0.388 e. The Morgan fingerprint density at radius 1 is 1.31 bits per heavy atom. The monoisotopic (exact) mass is 446 g/mol. The zero-order valence-electron chi connectivity index (χ0n) is 19.0. The van der Waals surface area contributed by atoms with Gasteiger partial charge in [0.1, 0.15) is 5.52 Å². The number of rotatable bonds is 4. The predicted octanol–water partition coefficient (Wildman–Crippen LogP) is 0.438. The number of ether oxygens (including phenoxy) is 1. The van der Waals surface area contributed by atoms with Crippen LogP contribution in [0, 0.1) is 5.92 Å². The number of imidazole rings is 1. The van der Waals surface area contributed by atoms with Gasteiger partial charge in [0.25, 0.3) is 0 Å². The van der Waals surface area contributed by atoms with Gasteiger partial charge in [-0.15, -0.1) is 0 Å². The molecule has 2 saturated heterocycles. The molecule has 1 spiro atoms. The zero-order chi connectivity index (χ0) is 23.3. The quantitative estimate of drug-likeness (QED) is 0.520. The van der Waals surface area contributed by atoms with Crippen molar-refractivity contribution in [2.75, 3.05) is 31.2 Å². The minimum Gasteiger partial charge on any atom is -0.388 e. The van der Waals surface area contributed by atoms with Gasteiger partial charge in [-0.1, -0.05) is 13.8 Å².